The van der Waals surface area contributed by atoms with Gasteiger partial charge in [-0.25, -0.2) is 9.48 Å². The number of piperidine rings is 1. The van der Waals surface area contributed by atoms with Crippen molar-refractivity contribution in [3.05, 3.63) is 11.8 Å². The maximum Gasteiger partial charge on any atom is 0.358 e. The molecular weight excluding hydrogens is 258 g/mol. The first kappa shape index (κ1) is 14.6. The second-order valence-electron chi connectivity index (χ2n) is 5.17. The van der Waals surface area contributed by atoms with Gasteiger partial charge in [0.2, 0.25) is 0 Å². The summed E-state index contributed by atoms with van der Waals surface area (Å²) >= 11 is 0. The summed E-state index contributed by atoms with van der Waals surface area (Å²) in [4.78, 5) is 25.2. The summed E-state index contributed by atoms with van der Waals surface area (Å²) in [5.74, 6) is 0.777. The number of ketones is 1. The first-order valence-electron chi connectivity index (χ1n) is 7.06. The predicted molar refractivity (Wildman–Crippen MR) is 75.0 cm³/mol. The Labute approximate surface area is 118 Å². The van der Waals surface area contributed by atoms with Crippen molar-refractivity contribution in [3.63, 3.8) is 0 Å². The summed E-state index contributed by atoms with van der Waals surface area (Å²) in [7, 11) is 0. The molecule has 20 heavy (non-hydrogen) atoms. The zero-order valence-corrected chi connectivity index (χ0v) is 12.3. The number of Topliss-reactive ketones (excluding diaryl/α,β-unsaturated/α-hetero) is 1. The smallest absolute Gasteiger partial charge is 0.358 e. The van der Waals surface area contributed by atoms with E-state index in [1.807, 2.05) is 18.5 Å². The number of ether oxygens (including phenoxy) is 1. The van der Waals surface area contributed by atoms with Crippen LogP contribution in [0.2, 0.25) is 0 Å². The molecule has 0 spiro atoms. The molecule has 0 bridgehead atoms. The Morgan fingerprint density at radius 1 is 1.40 bits per heavy atom. The van der Waals surface area contributed by atoms with Crippen molar-refractivity contribution in [3.8, 4) is 0 Å². The monoisotopic (exact) mass is 279 g/mol. The average Bonchev–Trinajstić information content (AvgIpc) is 2.85. The SMILES string of the molecule is CCOC(=O)c1cc(N2CCC(=O)CC2)n(C(C)C)n1. The van der Waals surface area contributed by atoms with Crippen molar-refractivity contribution in [2.75, 3.05) is 24.6 Å². The van der Waals surface area contributed by atoms with E-state index in [-0.39, 0.29) is 6.04 Å². The Morgan fingerprint density at radius 3 is 2.60 bits per heavy atom. The van der Waals surface area contributed by atoms with Crippen LogP contribution in [0.1, 0.15) is 50.1 Å². The van der Waals surface area contributed by atoms with Crippen molar-refractivity contribution in [2.24, 2.45) is 0 Å². The van der Waals surface area contributed by atoms with Gasteiger partial charge in [-0.2, -0.15) is 5.10 Å². The molecule has 1 aliphatic heterocycles. The first-order valence-corrected chi connectivity index (χ1v) is 7.06. The molecule has 0 aliphatic carbocycles. The predicted octanol–water partition coefficient (Wildman–Crippen LogP) is 1.81. The van der Waals surface area contributed by atoms with Crippen molar-refractivity contribution in [1.29, 1.82) is 0 Å². The lowest BCUT2D eigenvalue weighted by molar-refractivity contribution is -0.119. The molecule has 0 unspecified atom stereocenters. The van der Waals surface area contributed by atoms with Gasteiger partial charge in [0, 0.05) is 38.0 Å². The van der Waals surface area contributed by atoms with Crippen LogP contribution in [-0.2, 0) is 9.53 Å². The maximum absolute atomic E-state index is 11.8. The van der Waals surface area contributed by atoms with Crippen molar-refractivity contribution in [2.45, 2.75) is 39.7 Å². The number of hydrogen-bond donors (Lipinski definition) is 0. The third kappa shape index (κ3) is 3.00. The van der Waals surface area contributed by atoms with Gasteiger partial charge in [0.25, 0.3) is 0 Å². The van der Waals surface area contributed by atoms with E-state index in [1.165, 1.54) is 0 Å². The van der Waals surface area contributed by atoms with Crippen LogP contribution in [0.15, 0.2) is 6.07 Å². The summed E-state index contributed by atoms with van der Waals surface area (Å²) < 4.78 is 6.81. The third-order valence-electron chi connectivity index (χ3n) is 3.33. The lowest BCUT2D eigenvalue weighted by atomic mass is 10.1. The summed E-state index contributed by atoms with van der Waals surface area (Å²) in [6.45, 7) is 7.50. The van der Waals surface area contributed by atoms with E-state index in [0.717, 1.165) is 5.82 Å². The van der Waals surface area contributed by atoms with E-state index < -0.39 is 5.97 Å². The number of nitrogens with zero attached hydrogens (tertiary/aromatic N) is 3. The fourth-order valence-corrected chi connectivity index (χ4v) is 2.29. The lowest BCUT2D eigenvalue weighted by Gasteiger charge is -2.29. The van der Waals surface area contributed by atoms with Crippen LogP contribution in [-0.4, -0.2) is 41.2 Å². The molecule has 6 nitrogen and oxygen atoms in total. The minimum Gasteiger partial charge on any atom is -0.461 e. The molecule has 0 N–H and O–H groups in total. The topological polar surface area (TPSA) is 64.4 Å². The van der Waals surface area contributed by atoms with Gasteiger partial charge in [0.1, 0.15) is 11.6 Å². The van der Waals surface area contributed by atoms with Crippen LogP contribution in [0.25, 0.3) is 0 Å². The number of anilines is 1. The minimum atomic E-state index is -0.402. The maximum atomic E-state index is 11.8. The highest BCUT2D eigenvalue weighted by atomic mass is 16.5. The van der Waals surface area contributed by atoms with Crippen LogP contribution >= 0.6 is 0 Å². The second kappa shape index (κ2) is 6.07. The lowest BCUT2D eigenvalue weighted by Crippen LogP contribution is -2.35. The van der Waals surface area contributed by atoms with Gasteiger partial charge in [-0.15, -0.1) is 0 Å². The van der Waals surface area contributed by atoms with Gasteiger partial charge in [-0.3, -0.25) is 4.79 Å². The number of carbonyl (C=O) groups is 2. The Balaban J connectivity index is 2.26. The van der Waals surface area contributed by atoms with Gasteiger partial charge in [-0.05, 0) is 20.8 Å². The van der Waals surface area contributed by atoms with Crippen LogP contribution in [0.4, 0.5) is 5.82 Å². The molecular formula is C14H21N3O3. The second-order valence-corrected chi connectivity index (χ2v) is 5.17. The standard InChI is InChI=1S/C14H21N3O3/c1-4-20-14(19)12-9-13(17(15-12)10(2)3)16-7-5-11(18)6-8-16/h9-10H,4-8H2,1-3H3. The molecule has 2 heterocycles. The summed E-state index contributed by atoms with van der Waals surface area (Å²) in [5, 5.41) is 4.34. The Bertz CT molecular complexity index is 498. The molecule has 1 aromatic heterocycles. The summed E-state index contributed by atoms with van der Waals surface area (Å²) in [6.07, 6.45) is 1.11. The minimum absolute atomic E-state index is 0.144. The van der Waals surface area contributed by atoms with Crippen molar-refractivity contribution < 1.29 is 14.3 Å². The number of esters is 1. The molecule has 0 saturated carbocycles. The highest BCUT2D eigenvalue weighted by Crippen LogP contribution is 2.23. The van der Waals surface area contributed by atoms with Gasteiger partial charge < -0.3 is 9.64 Å². The Morgan fingerprint density at radius 2 is 2.05 bits per heavy atom. The molecule has 0 atom stereocenters. The average molecular weight is 279 g/mol. The molecule has 2 rings (SSSR count). The summed E-state index contributed by atoms with van der Waals surface area (Å²) in [6, 6.07) is 1.90. The molecule has 6 heteroatoms. The van der Waals surface area contributed by atoms with Crippen LogP contribution < -0.4 is 4.90 Å². The van der Waals surface area contributed by atoms with E-state index in [0.29, 0.717) is 44.0 Å². The normalized spacial score (nSPS) is 15.8. The molecule has 110 valence electrons. The van der Waals surface area contributed by atoms with E-state index in [4.69, 9.17) is 4.74 Å². The Hall–Kier alpha value is -1.85. The Kier molecular flexibility index (Phi) is 4.42. The fourth-order valence-electron chi connectivity index (χ4n) is 2.29. The molecule has 0 amide bonds. The number of rotatable bonds is 4. The van der Waals surface area contributed by atoms with Crippen molar-refractivity contribution >= 4 is 17.6 Å². The zero-order valence-electron chi connectivity index (χ0n) is 12.3. The van der Waals surface area contributed by atoms with Crippen LogP contribution in [0.3, 0.4) is 0 Å². The van der Waals surface area contributed by atoms with Gasteiger partial charge in [0.05, 0.1) is 6.61 Å². The molecule has 1 saturated heterocycles. The van der Waals surface area contributed by atoms with E-state index in [9.17, 15) is 9.59 Å². The quantitative estimate of drug-likeness (QED) is 0.786. The van der Waals surface area contributed by atoms with Crippen LogP contribution in [0, 0.1) is 0 Å². The van der Waals surface area contributed by atoms with Gasteiger partial charge in [-0.1, -0.05) is 0 Å². The zero-order chi connectivity index (χ0) is 14.7. The molecule has 1 aliphatic rings. The molecule has 1 aromatic rings. The van der Waals surface area contributed by atoms with Gasteiger partial charge >= 0.3 is 5.97 Å². The fraction of sp³-hybridized carbons (Fsp3) is 0.643. The number of carbonyl (C=O) groups excluding carboxylic acids is 2. The first-order chi connectivity index (χ1) is 9.52. The van der Waals surface area contributed by atoms with Gasteiger partial charge in [0.15, 0.2) is 5.69 Å². The van der Waals surface area contributed by atoms with E-state index in [2.05, 4.69) is 10.00 Å². The molecule has 1 fully saturated rings. The van der Waals surface area contributed by atoms with E-state index in [1.54, 1.807) is 13.0 Å². The van der Waals surface area contributed by atoms with E-state index >= 15 is 0 Å². The summed E-state index contributed by atoms with van der Waals surface area (Å²) in [5.41, 5.74) is 0.326. The largest absolute Gasteiger partial charge is 0.461 e. The highest BCUT2D eigenvalue weighted by molar-refractivity contribution is 5.88. The molecule has 0 radical (unpaired) electrons. The molecule has 0 aromatic carbocycles. The highest BCUT2D eigenvalue weighted by Gasteiger charge is 2.23. The van der Waals surface area contributed by atoms with Crippen molar-refractivity contribution in [1.82, 2.24) is 9.78 Å². The number of aromatic nitrogens is 2. The third-order valence-corrected chi connectivity index (χ3v) is 3.33. The van der Waals surface area contributed by atoms with Crippen LogP contribution in [0.5, 0.6) is 0 Å². The number of hydrogen-bond acceptors (Lipinski definition) is 5.